The van der Waals surface area contributed by atoms with Gasteiger partial charge in [0.1, 0.15) is 0 Å². The fourth-order valence-electron chi connectivity index (χ4n) is 3.24. The first-order valence-corrected chi connectivity index (χ1v) is 6.54. The van der Waals surface area contributed by atoms with Crippen molar-refractivity contribution in [3.63, 3.8) is 0 Å². The van der Waals surface area contributed by atoms with Crippen LogP contribution in [0.2, 0.25) is 0 Å². The molecule has 0 unspecified atom stereocenters. The molecule has 0 aromatic rings. The van der Waals surface area contributed by atoms with Crippen molar-refractivity contribution in [1.29, 1.82) is 0 Å². The molecule has 1 heterocycles. The largest absolute Gasteiger partial charge is 0.299 e. The summed E-state index contributed by atoms with van der Waals surface area (Å²) < 4.78 is 0. The number of nitrogens with zero attached hydrogens (tertiary/aromatic N) is 1. The molecule has 1 heteroatoms. The summed E-state index contributed by atoms with van der Waals surface area (Å²) in [6.07, 6.45) is 10.1. The van der Waals surface area contributed by atoms with Crippen molar-refractivity contribution in [1.82, 2.24) is 4.90 Å². The Bertz CT molecular complexity index is 170. The van der Waals surface area contributed by atoms with E-state index in [2.05, 4.69) is 18.7 Å². The van der Waals surface area contributed by atoms with Crippen molar-refractivity contribution in [3.8, 4) is 0 Å². The van der Waals surface area contributed by atoms with E-state index in [1.54, 1.807) is 0 Å². The summed E-state index contributed by atoms with van der Waals surface area (Å²) in [7, 11) is 0. The van der Waals surface area contributed by atoms with Gasteiger partial charge in [-0.05, 0) is 31.1 Å². The summed E-state index contributed by atoms with van der Waals surface area (Å²) in [5.74, 6) is 0. The Balaban J connectivity index is 1.76. The lowest BCUT2D eigenvalue weighted by atomic mass is 9.63. The highest BCUT2D eigenvalue weighted by atomic mass is 15.2. The van der Waals surface area contributed by atoms with Crippen LogP contribution in [-0.4, -0.2) is 24.0 Å². The molecule has 1 aliphatic carbocycles. The van der Waals surface area contributed by atoms with Crippen molar-refractivity contribution >= 4 is 0 Å². The van der Waals surface area contributed by atoms with Crippen LogP contribution in [0.25, 0.3) is 0 Å². The van der Waals surface area contributed by atoms with Crippen LogP contribution in [0.3, 0.4) is 0 Å². The Morgan fingerprint density at radius 1 is 1.07 bits per heavy atom. The first kappa shape index (κ1) is 10.5. The monoisotopic (exact) mass is 195 g/mol. The fourth-order valence-corrected chi connectivity index (χ4v) is 3.24. The molecule has 0 atom stereocenters. The van der Waals surface area contributed by atoms with Crippen LogP contribution in [0.4, 0.5) is 0 Å². The van der Waals surface area contributed by atoms with Crippen LogP contribution in [0.1, 0.15) is 58.8 Å². The third-order valence-electron chi connectivity index (χ3n) is 4.25. The summed E-state index contributed by atoms with van der Waals surface area (Å²) in [5, 5.41) is 0. The van der Waals surface area contributed by atoms with Crippen molar-refractivity contribution in [2.24, 2.45) is 5.41 Å². The van der Waals surface area contributed by atoms with Crippen LogP contribution in [0, 0.1) is 5.41 Å². The van der Waals surface area contributed by atoms with Crippen LogP contribution >= 0.6 is 0 Å². The van der Waals surface area contributed by atoms with Gasteiger partial charge in [0.05, 0.1) is 0 Å². The zero-order valence-corrected chi connectivity index (χ0v) is 9.89. The van der Waals surface area contributed by atoms with E-state index < -0.39 is 0 Å². The van der Waals surface area contributed by atoms with Gasteiger partial charge in [0.25, 0.3) is 0 Å². The van der Waals surface area contributed by atoms with Gasteiger partial charge >= 0.3 is 0 Å². The molecule has 0 aromatic heterocycles. The van der Waals surface area contributed by atoms with Gasteiger partial charge in [0, 0.05) is 19.1 Å². The smallest absolute Gasteiger partial charge is 0.00955 e. The summed E-state index contributed by atoms with van der Waals surface area (Å²) in [5.41, 5.74) is 0.819. The van der Waals surface area contributed by atoms with Crippen LogP contribution in [0.15, 0.2) is 0 Å². The predicted molar refractivity (Wildman–Crippen MR) is 61.5 cm³/mol. The Morgan fingerprint density at radius 2 is 1.64 bits per heavy atom. The summed E-state index contributed by atoms with van der Waals surface area (Å²) in [6, 6.07) is 0.913. The van der Waals surface area contributed by atoms with E-state index in [-0.39, 0.29) is 0 Å². The fraction of sp³-hybridized carbons (Fsp3) is 1.00. The van der Waals surface area contributed by atoms with Gasteiger partial charge in [-0.15, -0.1) is 0 Å². The maximum atomic E-state index is 2.76. The minimum absolute atomic E-state index is 0.819. The van der Waals surface area contributed by atoms with E-state index in [0.29, 0.717) is 0 Å². The molecule has 2 fully saturated rings. The average Bonchev–Trinajstić information content (AvgIpc) is 1.99. The molecular weight excluding hydrogens is 170 g/mol. The molecule has 82 valence electrons. The molecule has 1 spiro atoms. The molecule has 0 amide bonds. The van der Waals surface area contributed by atoms with Crippen molar-refractivity contribution in [3.05, 3.63) is 0 Å². The zero-order valence-electron chi connectivity index (χ0n) is 9.89. The molecule has 1 saturated carbocycles. The first-order chi connectivity index (χ1) is 6.79. The van der Waals surface area contributed by atoms with E-state index in [1.807, 2.05) is 0 Å². The number of rotatable bonds is 5. The number of hydrogen-bond donors (Lipinski definition) is 0. The van der Waals surface area contributed by atoms with Gasteiger partial charge in [-0.25, -0.2) is 0 Å². The van der Waals surface area contributed by atoms with E-state index in [9.17, 15) is 0 Å². The Hall–Kier alpha value is -0.0400. The number of likely N-dealkylation sites (tertiary alicyclic amines) is 1. The Labute approximate surface area is 88.9 Å². The van der Waals surface area contributed by atoms with E-state index >= 15 is 0 Å². The topological polar surface area (TPSA) is 3.24 Å². The van der Waals surface area contributed by atoms with E-state index in [4.69, 9.17) is 0 Å². The number of hydrogen-bond acceptors (Lipinski definition) is 1. The quantitative estimate of drug-likeness (QED) is 0.649. The summed E-state index contributed by atoms with van der Waals surface area (Å²) >= 11 is 0. The van der Waals surface area contributed by atoms with Crippen molar-refractivity contribution in [2.45, 2.75) is 64.8 Å². The summed E-state index contributed by atoms with van der Waals surface area (Å²) in [4.78, 5) is 2.76. The highest BCUT2D eigenvalue weighted by Crippen LogP contribution is 2.49. The third kappa shape index (κ3) is 1.84. The lowest BCUT2D eigenvalue weighted by molar-refractivity contribution is -0.0862. The van der Waals surface area contributed by atoms with Crippen molar-refractivity contribution in [2.75, 3.05) is 13.1 Å². The molecule has 1 saturated heterocycles. The molecule has 2 aliphatic rings. The summed E-state index contributed by atoms with van der Waals surface area (Å²) in [6.45, 7) is 7.50. The van der Waals surface area contributed by atoms with Crippen LogP contribution < -0.4 is 0 Å². The van der Waals surface area contributed by atoms with Crippen LogP contribution in [0.5, 0.6) is 0 Å². The molecular formula is C13H25N. The lowest BCUT2D eigenvalue weighted by Gasteiger charge is -2.58. The highest BCUT2D eigenvalue weighted by molar-refractivity contribution is 5.02. The zero-order chi connectivity index (χ0) is 10.0. The molecule has 0 bridgehead atoms. The second kappa shape index (κ2) is 4.22. The predicted octanol–water partition coefficient (Wildman–Crippen LogP) is 3.44. The average molecular weight is 195 g/mol. The van der Waals surface area contributed by atoms with Gasteiger partial charge in [0.2, 0.25) is 0 Å². The van der Waals surface area contributed by atoms with Crippen molar-refractivity contribution < 1.29 is 0 Å². The Kier molecular flexibility index (Phi) is 3.16. The third-order valence-corrected chi connectivity index (χ3v) is 4.25. The standard InChI is InChI=1S/C13H25N/c1-3-6-12(7-4-2)14-10-13(11-14)8-5-9-13/h12H,3-11H2,1-2H3. The van der Waals surface area contributed by atoms with Crippen LogP contribution in [-0.2, 0) is 0 Å². The minimum atomic E-state index is 0.819. The molecule has 0 radical (unpaired) electrons. The van der Waals surface area contributed by atoms with E-state index in [1.165, 1.54) is 58.0 Å². The molecule has 1 aliphatic heterocycles. The lowest BCUT2D eigenvalue weighted by Crippen LogP contribution is -2.62. The maximum absolute atomic E-state index is 2.76. The van der Waals surface area contributed by atoms with Gasteiger partial charge in [-0.2, -0.15) is 0 Å². The van der Waals surface area contributed by atoms with Gasteiger partial charge in [0.15, 0.2) is 0 Å². The van der Waals surface area contributed by atoms with Gasteiger partial charge < -0.3 is 0 Å². The minimum Gasteiger partial charge on any atom is -0.299 e. The first-order valence-electron chi connectivity index (χ1n) is 6.54. The maximum Gasteiger partial charge on any atom is 0.00955 e. The second-order valence-corrected chi connectivity index (χ2v) is 5.49. The van der Waals surface area contributed by atoms with Gasteiger partial charge in [-0.3, -0.25) is 4.90 Å². The normalized spacial score (nSPS) is 25.1. The second-order valence-electron chi connectivity index (χ2n) is 5.49. The molecule has 0 aromatic carbocycles. The van der Waals surface area contributed by atoms with Gasteiger partial charge in [-0.1, -0.05) is 33.1 Å². The Morgan fingerprint density at radius 3 is 2.00 bits per heavy atom. The molecule has 14 heavy (non-hydrogen) atoms. The van der Waals surface area contributed by atoms with E-state index in [0.717, 1.165) is 11.5 Å². The molecule has 2 rings (SSSR count). The SMILES string of the molecule is CCCC(CCC)N1CC2(CCC2)C1. The highest BCUT2D eigenvalue weighted by Gasteiger charge is 2.48. The molecule has 0 N–H and O–H groups in total. The molecule has 1 nitrogen and oxygen atoms in total.